The van der Waals surface area contributed by atoms with Gasteiger partial charge in [0.05, 0.1) is 20.7 Å². The lowest BCUT2D eigenvalue weighted by Gasteiger charge is -2.08. The number of ketones is 1. The number of hydrogen-bond donors (Lipinski definition) is 1. The number of aryl methyl sites for hydroxylation is 1. The number of sulfone groups is 1. The molecule has 0 atom stereocenters. The van der Waals surface area contributed by atoms with Gasteiger partial charge in [-0.3, -0.25) is 4.79 Å². The van der Waals surface area contributed by atoms with E-state index in [-0.39, 0.29) is 50.6 Å². The van der Waals surface area contributed by atoms with Gasteiger partial charge in [-0.05, 0) is 37.1 Å². The first kappa shape index (κ1) is 18.8. The minimum atomic E-state index is -3.44. The summed E-state index contributed by atoms with van der Waals surface area (Å²) in [5.74, 6) is -0.681. The zero-order chi connectivity index (χ0) is 17.9. The normalized spacial score (nSPS) is 11.5. The van der Waals surface area contributed by atoms with E-state index in [1.165, 1.54) is 12.1 Å². The molecule has 0 aliphatic carbocycles. The zero-order valence-corrected chi connectivity index (χ0v) is 15.2. The predicted molar refractivity (Wildman–Crippen MR) is 94.9 cm³/mol. The number of aromatic hydroxyl groups is 1. The van der Waals surface area contributed by atoms with Gasteiger partial charge in [-0.2, -0.15) is 0 Å². The summed E-state index contributed by atoms with van der Waals surface area (Å²) in [6.07, 6.45) is 0.230. The number of rotatable bonds is 6. The molecule has 0 radical (unpaired) electrons. The number of benzene rings is 2. The van der Waals surface area contributed by atoms with Gasteiger partial charge in [0, 0.05) is 12.0 Å². The summed E-state index contributed by atoms with van der Waals surface area (Å²) in [7, 11) is -3.44. The standard InChI is InChI=1S/C17H16Cl2O4S/c1-11-5-2-3-7-16(11)24(22,23)8-4-6-15(20)12-9-13(18)17(21)14(19)10-12/h2-3,5,7,9-10,21H,4,6,8H2,1H3. The average molecular weight is 387 g/mol. The summed E-state index contributed by atoms with van der Waals surface area (Å²) < 4.78 is 24.7. The zero-order valence-electron chi connectivity index (χ0n) is 12.9. The Morgan fingerprint density at radius 1 is 1.12 bits per heavy atom. The first-order valence-electron chi connectivity index (χ1n) is 7.22. The molecule has 0 saturated heterocycles. The molecular weight excluding hydrogens is 371 g/mol. The molecule has 24 heavy (non-hydrogen) atoms. The predicted octanol–water partition coefficient (Wildman–Crippen LogP) is 4.44. The SMILES string of the molecule is Cc1ccccc1S(=O)(=O)CCCC(=O)c1cc(Cl)c(O)c(Cl)c1. The minimum absolute atomic E-state index is 0.0154. The van der Waals surface area contributed by atoms with Crippen LogP contribution in [0.1, 0.15) is 28.8 Å². The van der Waals surface area contributed by atoms with Crippen molar-refractivity contribution < 1.29 is 18.3 Å². The summed E-state index contributed by atoms with van der Waals surface area (Å²) >= 11 is 11.6. The van der Waals surface area contributed by atoms with Gasteiger partial charge in [0.15, 0.2) is 21.4 Å². The van der Waals surface area contributed by atoms with Crippen LogP contribution in [-0.4, -0.2) is 25.1 Å². The Balaban J connectivity index is 2.04. The topological polar surface area (TPSA) is 71.4 Å². The number of carbonyl (C=O) groups excluding carboxylic acids is 1. The highest BCUT2D eigenvalue weighted by Gasteiger charge is 2.18. The van der Waals surface area contributed by atoms with Crippen LogP contribution in [0.15, 0.2) is 41.3 Å². The fraction of sp³-hybridized carbons (Fsp3) is 0.235. The molecule has 4 nitrogen and oxygen atoms in total. The van der Waals surface area contributed by atoms with E-state index in [2.05, 4.69) is 0 Å². The summed E-state index contributed by atoms with van der Waals surface area (Å²) in [5, 5.41) is 9.46. The van der Waals surface area contributed by atoms with Crippen molar-refractivity contribution in [2.75, 3.05) is 5.75 Å². The molecule has 2 rings (SSSR count). The van der Waals surface area contributed by atoms with Crippen molar-refractivity contribution in [1.29, 1.82) is 0 Å². The lowest BCUT2D eigenvalue weighted by Crippen LogP contribution is -2.10. The third kappa shape index (κ3) is 4.29. The Morgan fingerprint density at radius 3 is 2.29 bits per heavy atom. The molecule has 0 unspecified atom stereocenters. The lowest BCUT2D eigenvalue weighted by molar-refractivity contribution is 0.0982. The Labute approximate surface area is 151 Å². The molecule has 0 aromatic heterocycles. The summed E-state index contributed by atoms with van der Waals surface area (Å²) in [6, 6.07) is 9.38. The molecule has 2 aromatic rings. The lowest BCUT2D eigenvalue weighted by atomic mass is 10.1. The molecule has 0 saturated carbocycles. The molecule has 0 aliphatic heterocycles. The van der Waals surface area contributed by atoms with Gasteiger partial charge in [-0.1, -0.05) is 41.4 Å². The molecule has 0 bridgehead atoms. The molecule has 2 aromatic carbocycles. The Hall–Kier alpha value is -1.56. The first-order valence-corrected chi connectivity index (χ1v) is 9.63. The van der Waals surface area contributed by atoms with E-state index in [4.69, 9.17) is 23.2 Å². The molecule has 128 valence electrons. The molecule has 0 amide bonds. The maximum absolute atomic E-state index is 12.3. The van der Waals surface area contributed by atoms with Gasteiger partial charge in [-0.15, -0.1) is 0 Å². The number of halogens is 2. The number of carbonyl (C=O) groups is 1. The molecular formula is C17H16Cl2O4S. The summed E-state index contributed by atoms with van der Waals surface area (Å²) in [6.45, 7) is 1.73. The largest absolute Gasteiger partial charge is 0.505 e. The molecule has 0 aliphatic rings. The molecule has 0 spiro atoms. The van der Waals surface area contributed by atoms with Gasteiger partial charge in [-0.25, -0.2) is 8.42 Å². The van der Waals surface area contributed by atoms with Crippen molar-refractivity contribution in [2.24, 2.45) is 0 Å². The van der Waals surface area contributed by atoms with Crippen LogP contribution in [0.25, 0.3) is 0 Å². The van der Waals surface area contributed by atoms with Crippen LogP contribution < -0.4 is 0 Å². The number of phenols is 1. The maximum atomic E-state index is 12.3. The van der Waals surface area contributed by atoms with Crippen molar-refractivity contribution in [2.45, 2.75) is 24.7 Å². The van der Waals surface area contributed by atoms with E-state index in [0.29, 0.717) is 5.56 Å². The van der Waals surface area contributed by atoms with Crippen LogP contribution in [-0.2, 0) is 9.84 Å². The van der Waals surface area contributed by atoms with Crippen LogP contribution in [0.4, 0.5) is 0 Å². The Morgan fingerprint density at radius 2 is 1.71 bits per heavy atom. The highest BCUT2D eigenvalue weighted by molar-refractivity contribution is 7.91. The van der Waals surface area contributed by atoms with Gasteiger partial charge < -0.3 is 5.11 Å². The fourth-order valence-corrected chi connectivity index (χ4v) is 4.38. The Kier molecular flexibility index (Phi) is 5.91. The molecule has 7 heteroatoms. The van der Waals surface area contributed by atoms with Crippen LogP contribution in [0.2, 0.25) is 10.0 Å². The van der Waals surface area contributed by atoms with Gasteiger partial charge >= 0.3 is 0 Å². The van der Waals surface area contributed by atoms with E-state index >= 15 is 0 Å². The summed E-state index contributed by atoms with van der Waals surface area (Å²) in [4.78, 5) is 12.4. The second-order valence-electron chi connectivity index (χ2n) is 5.40. The van der Waals surface area contributed by atoms with E-state index in [0.717, 1.165) is 0 Å². The first-order chi connectivity index (χ1) is 11.2. The third-order valence-corrected chi connectivity index (χ3v) is 6.11. The summed E-state index contributed by atoms with van der Waals surface area (Å²) in [5.41, 5.74) is 0.928. The smallest absolute Gasteiger partial charge is 0.178 e. The van der Waals surface area contributed by atoms with Crippen molar-refractivity contribution in [3.8, 4) is 5.75 Å². The quantitative estimate of drug-likeness (QED) is 0.744. The van der Waals surface area contributed by atoms with Crippen molar-refractivity contribution >= 4 is 38.8 Å². The second kappa shape index (κ2) is 7.55. The highest BCUT2D eigenvalue weighted by atomic mass is 35.5. The number of phenolic OH excluding ortho intramolecular Hbond substituents is 1. The highest BCUT2D eigenvalue weighted by Crippen LogP contribution is 2.33. The van der Waals surface area contributed by atoms with Gasteiger partial charge in [0.25, 0.3) is 0 Å². The van der Waals surface area contributed by atoms with Crippen LogP contribution >= 0.6 is 23.2 Å². The number of Topliss-reactive ketones (excluding diaryl/α,β-unsaturated/α-hetero) is 1. The van der Waals surface area contributed by atoms with Crippen molar-refractivity contribution in [3.63, 3.8) is 0 Å². The third-order valence-electron chi connectivity index (χ3n) is 3.58. The minimum Gasteiger partial charge on any atom is -0.505 e. The average Bonchev–Trinajstić information content (AvgIpc) is 2.52. The monoisotopic (exact) mass is 386 g/mol. The van der Waals surface area contributed by atoms with Gasteiger partial charge in [0.1, 0.15) is 0 Å². The van der Waals surface area contributed by atoms with Crippen LogP contribution in [0.5, 0.6) is 5.75 Å². The van der Waals surface area contributed by atoms with E-state index in [9.17, 15) is 18.3 Å². The van der Waals surface area contributed by atoms with E-state index in [1.54, 1.807) is 31.2 Å². The molecule has 0 fully saturated rings. The van der Waals surface area contributed by atoms with Crippen molar-refractivity contribution in [1.82, 2.24) is 0 Å². The van der Waals surface area contributed by atoms with E-state index < -0.39 is 9.84 Å². The second-order valence-corrected chi connectivity index (χ2v) is 8.29. The molecule has 0 heterocycles. The van der Waals surface area contributed by atoms with Gasteiger partial charge in [0.2, 0.25) is 0 Å². The number of hydrogen-bond acceptors (Lipinski definition) is 4. The maximum Gasteiger partial charge on any atom is 0.178 e. The van der Waals surface area contributed by atoms with Crippen molar-refractivity contribution in [3.05, 3.63) is 57.6 Å². The van der Waals surface area contributed by atoms with Crippen LogP contribution in [0.3, 0.4) is 0 Å². The molecule has 1 N–H and O–H groups in total. The van der Waals surface area contributed by atoms with Crippen LogP contribution in [0, 0.1) is 6.92 Å². The van der Waals surface area contributed by atoms with E-state index in [1.807, 2.05) is 0 Å². The fourth-order valence-electron chi connectivity index (χ4n) is 2.31. The Bertz CT molecular complexity index is 853.